The van der Waals surface area contributed by atoms with E-state index in [-0.39, 0.29) is 11.5 Å². The molecule has 0 saturated carbocycles. The van der Waals surface area contributed by atoms with Gasteiger partial charge in [0.25, 0.3) is 0 Å². The van der Waals surface area contributed by atoms with E-state index >= 15 is 0 Å². The molecule has 3 aromatic rings. The Hall–Kier alpha value is -2.25. The summed E-state index contributed by atoms with van der Waals surface area (Å²) >= 11 is 7.95. The van der Waals surface area contributed by atoms with Crippen LogP contribution < -0.4 is 4.74 Å². The predicted molar refractivity (Wildman–Crippen MR) is 113 cm³/mol. The van der Waals surface area contributed by atoms with Crippen molar-refractivity contribution in [3.63, 3.8) is 0 Å². The number of ketones is 1. The van der Waals surface area contributed by atoms with Gasteiger partial charge in [-0.2, -0.15) is 0 Å². The van der Waals surface area contributed by atoms with Gasteiger partial charge in [0, 0.05) is 10.9 Å². The first-order valence-corrected chi connectivity index (χ1v) is 9.87. The number of fused-ring (bicyclic) bond motifs is 1. The third kappa shape index (κ3) is 3.44. The van der Waals surface area contributed by atoms with Gasteiger partial charge in [-0.3, -0.25) is 9.59 Å². The molecule has 3 rings (SSSR count). The van der Waals surface area contributed by atoms with Crippen LogP contribution in [-0.4, -0.2) is 26.0 Å². The number of hydrogen-bond acceptors (Lipinski definition) is 6. The van der Waals surface area contributed by atoms with Crippen molar-refractivity contribution in [2.24, 2.45) is 0 Å². The molecule has 2 aromatic carbocycles. The van der Waals surface area contributed by atoms with Gasteiger partial charge >= 0.3 is 5.97 Å². The van der Waals surface area contributed by atoms with E-state index in [2.05, 4.69) is 28.6 Å². The summed E-state index contributed by atoms with van der Waals surface area (Å²) in [6.07, 6.45) is 0.421. The minimum absolute atomic E-state index is 0.244. The lowest BCUT2D eigenvalue weighted by atomic mass is 9.93. The van der Waals surface area contributed by atoms with Gasteiger partial charge in [-0.15, -0.1) is 12.6 Å². The van der Waals surface area contributed by atoms with Gasteiger partial charge in [-0.25, -0.2) is 0 Å². The Morgan fingerprint density at radius 2 is 1.89 bits per heavy atom. The molecule has 0 aliphatic heterocycles. The Balaban J connectivity index is 2.38. The van der Waals surface area contributed by atoms with Crippen molar-refractivity contribution < 1.29 is 23.5 Å². The van der Waals surface area contributed by atoms with Crippen LogP contribution >= 0.6 is 28.6 Å². The summed E-state index contributed by atoms with van der Waals surface area (Å²) in [6.45, 7) is 1.84. The summed E-state index contributed by atoms with van der Waals surface area (Å²) in [6, 6.07) is 10.5. The average molecular weight is 463 g/mol. The van der Waals surface area contributed by atoms with Crippen molar-refractivity contribution in [1.29, 1.82) is 0 Å². The van der Waals surface area contributed by atoms with Crippen LogP contribution in [0.25, 0.3) is 11.0 Å². The number of furan rings is 1. The quantitative estimate of drug-likeness (QED) is 0.302. The molecule has 1 aromatic heterocycles. The fraction of sp³-hybridized carbons (Fsp3) is 0.238. The highest BCUT2D eigenvalue weighted by atomic mass is 79.9. The van der Waals surface area contributed by atoms with Crippen LogP contribution in [0, 0.1) is 0 Å². The maximum absolute atomic E-state index is 13.4. The molecule has 0 bridgehead atoms. The molecule has 1 heterocycles. The minimum Gasteiger partial charge on any atom is -0.494 e. The first-order chi connectivity index (χ1) is 13.4. The summed E-state index contributed by atoms with van der Waals surface area (Å²) in [5.41, 5.74) is 1.25. The monoisotopic (exact) mass is 462 g/mol. The molecule has 0 amide bonds. The summed E-state index contributed by atoms with van der Waals surface area (Å²) in [5.74, 6) is -0.651. The number of esters is 1. The van der Waals surface area contributed by atoms with Crippen molar-refractivity contribution in [2.45, 2.75) is 24.2 Å². The fourth-order valence-corrected chi connectivity index (χ4v) is 4.45. The zero-order valence-electron chi connectivity index (χ0n) is 15.6. The van der Waals surface area contributed by atoms with Crippen LogP contribution in [0.15, 0.2) is 50.2 Å². The number of hydrogen-bond donors (Lipinski definition) is 1. The third-order valence-electron chi connectivity index (χ3n) is 4.56. The zero-order valence-corrected chi connectivity index (χ0v) is 18.1. The smallest absolute Gasteiger partial charge is 0.316 e. The lowest BCUT2D eigenvalue weighted by Gasteiger charge is -2.12. The summed E-state index contributed by atoms with van der Waals surface area (Å²) in [4.78, 5) is 26.3. The molecule has 0 aliphatic rings. The number of rotatable bonds is 6. The Morgan fingerprint density at radius 3 is 2.46 bits per heavy atom. The predicted octanol–water partition coefficient (Wildman–Crippen LogP) is 5.39. The second kappa shape index (κ2) is 8.41. The lowest BCUT2D eigenvalue weighted by Crippen LogP contribution is -2.16. The Bertz CT molecular complexity index is 1040. The highest BCUT2D eigenvalue weighted by Crippen LogP contribution is 2.44. The molecule has 146 valence electrons. The van der Waals surface area contributed by atoms with Crippen molar-refractivity contribution in [3.8, 4) is 5.75 Å². The van der Waals surface area contributed by atoms with Gasteiger partial charge in [0.05, 0.1) is 29.2 Å². The van der Waals surface area contributed by atoms with Crippen molar-refractivity contribution in [3.05, 3.63) is 57.8 Å². The van der Waals surface area contributed by atoms with Crippen LogP contribution in [0.5, 0.6) is 5.75 Å². The summed E-state index contributed by atoms with van der Waals surface area (Å²) < 4.78 is 16.9. The highest BCUT2D eigenvalue weighted by molar-refractivity contribution is 9.10. The highest BCUT2D eigenvalue weighted by Gasteiger charge is 2.33. The van der Waals surface area contributed by atoms with E-state index in [1.165, 1.54) is 14.2 Å². The SMILES string of the molecule is CCC(C(=O)OC)c1oc2cc(S)c(OC)c(Br)c2c1C(=O)c1ccccc1. The molecule has 0 fully saturated rings. The van der Waals surface area contributed by atoms with E-state index in [4.69, 9.17) is 13.9 Å². The first-order valence-electron chi connectivity index (χ1n) is 8.63. The average Bonchev–Trinajstić information content (AvgIpc) is 3.07. The largest absolute Gasteiger partial charge is 0.494 e. The van der Waals surface area contributed by atoms with Crippen molar-refractivity contribution in [2.75, 3.05) is 14.2 Å². The third-order valence-corrected chi connectivity index (χ3v) is 5.65. The van der Waals surface area contributed by atoms with Gasteiger partial charge in [0.15, 0.2) is 5.78 Å². The van der Waals surface area contributed by atoms with E-state index in [1.807, 2.05) is 13.0 Å². The fourth-order valence-electron chi connectivity index (χ4n) is 3.20. The summed E-state index contributed by atoms with van der Waals surface area (Å²) in [5, 5.41) is 0.542. The lowest BCUT2D eigenvalue weighted by molar-refractivity contribution is -0.142. The molecule has 0 spiro atoms. The number of carbonyl (C=O) groups excluding carboxylic acids is 2. The first kappa shape index (κ1) is 20.5. The maximum atomic E-state index is 13.4. The molecule has 5 nitrogen and oxygen atoms in total. The molecule has 0 aliphatic carbocycles. The topological polar surface area (TPSA) is 65.7 Å². The zero-order chi connectivity index (χ0) is 20.4. The van der Waals surface area contributed by atoms with Crippen LogP contribution in [0.1, 0.15) is 40.9 Å². The van der Waals surface area contributed by atoms with Crippen molar-refractivity contribution in [1.82, 2.24) is 0 Å². The van der Waals surface area contributed by atoms with E-state index in [1.54, 1.807) is 30.3 Å². The van der Waals surface area contributed by atoms with Gasteiger partial charge < -0.3 is 13.9 Å². The Morgan fingerprint density at radius 1 is 1.21 bits per heavy atom. The maximum Gasteiger partial charge on any atom is 0.316 e. The molecule has 28 heavy (non-hydrogen) atoms. The number of carbonyl (C=O) groups is 2. The van der Waals surface area contributed by atoms with Gasteiger partial charge in [-0.05, 0) is 28.4 Å². The second-order valence-corrected chi connectivity index (χ2v) is 7.41. The standard InChI is InChI=1S/C21H19BrO5S/c1-4-12(21(24)26-3)19-16(18(23)11-8-6-5-7-9-11)15-13(27-19)10-14(28)20(25-2)17(15)22/h5-10,12,28H,4H2,1-3H3. The number of halogens is 1. The summed E-state index contributed by atoms with van der Waals surface area (Å²) in [7, 11) is 2.84. The Kier molecular flexibility index (Phi) is 6.15. The Labute approximate surface area is 176 Å². The molecule has 0 radical (unpaired) electrons. The number of benzene rings is 2. The number of thiol groups is 1. The van der Waals surface area contributed by atoms with Crippen molar-refractivity contribution >= 4 is 51.3 Å². The normalized spacial score (nSPS) is 12.0. The number of ether oxygens (including phenoxy) is 2. The second-order valence-electron chi connectivity index (χ2n) is 6.14. The molecule has 0 saturated heterocycles. The number of methoxy groups -OCH3 is 2. The molecule has 7 heteroatoms. The molecule has 1 unspecified atom stereocenters. The van der Waals surface area contributed by atoms with Crippen LogP contribution in [-0.2, 0) is 9.53 Å². The van der Waals surface area contributed by atoms with Crippen LogP contribution in [0.3, 0.4) is 0 Å². The van der Waals surface area contributed by atoms with Crippen LogP contribution in [0.4, 0.5) is 0 Å². The van der Waals surface area contributed by atoms with Gasteiger partial charge in [0.1, 0.15) is 23.0 Å². The molecular weight excluding hydrogens is 444 g/mol. The minimum atomic E-state index is -0.707. The van der Waals surface area contributed by atoms with Gasteiger partial charge in [-0.1, -0.05) is 37.3 Å². The van der Waals surface area contributed by atoms with E-state index < -0.39 is 11.9 Å². The molecule has 0 N–H and O–H groups in total. The van der Waals surface area contributed by atoms with E-state index in [9.17, 15) is 9.59 Å². The van der Waals surface area contributed by atoms with Crippen LogP contribution in [0.2, 0.25) is 0 Å². The van der Waals surface area contributed by atoms with E-state index in [0.29, 0.717) is 43.6 Å². The van der Waals surface area contributed by atoms with Gasteiger partial charge in [0.2, 0.25) is 0 Å². The molecule has 1 atom stereocenters. The molecular formula is C21H19BrO5S. The van der Waals surface area contributed by atoms with E-state index in [0.717, 1.165) is 0 Å².